The highest BCUT2D eigenvalue weighted by molar-refractivity contribution is 5.80. The summed E-state index contributed by atoms with van der Waals surface area (Å²) in [4.78, 5) is 29.3. The van der Waals surface area contributed by atoms with Gasteiger partial charge in [-0.05, 0) is 47.0 Å². The predicted octanol–water partition coefficient (Wildman–Crippen LogP) is 6.30. The van der Waals surface area contributed by atoms with Crippen LogP contribution in [0.2, 0.25) is 0 Å². The normalized spacial score (nSPS) is 10.9. The van der Waals surface area contributed by atoms with E-state index in [1.54, 1.807) is 64.7 Å². The molecule has 9 heteroatoms. The third-order valence-electron chi connectivity index (χ3n) is 7.05. The summed E-state index contributed by atoms with van der Waals surface area (Å²) in [7, 11) is 1.70. The van der Waals surface area contributed by atoms with Crippen molar-refractivity contribution in [1.82, 2.24) is 14.1 Å². The molecule has 6 rings (SSSR count). The highest BCUT2D eigenvalue weighted by atomic mass is 16.5. The van der Waals surface area contributed by atoms with Gasteiger partial charge in [0.1, 0.15) is 30.4 Å². The fourth-order valence-corrected chi connectivity index (χ4v) is 4.83. The molecule has 44 heavy (non-hydrogen) atoms. The maximum Gasteiger partial charge on any atom is 0.333 e. The van der Waals surface area contributed by atoms with E-state index in [0.29, 0.717) is 46.3 Å². The van der Waals surface area contributed by atoms with E-state index >= 15 is 0 Å². The zero-order valence-electron chi connectivity index (χ0n) is 23.9. The molecule has 2 heterocycles. The van der Waals surface area contributed by atoms with Crippen LogP contribution in [-0.2, 0) is 31.5 Å². The second-order valence-electron chi connectivity index (χ2n) is 10.2. The van der Waals surface area contributed by atoms with Crippen molar-refractivity contribution >= 4 is 17.0 Å². The first kappa shape index (κ1) is 28.3. The van der Waals surface area contributed by atoms with Gasteiger partial charge in [-0.2, -0.15) is 4.98 Å². The van der Waals surface area contributed by atoms with E-state index in [9.17, 15) is 9.59 Å². The lowest BCUT2D eigenvalue weighted by Gasteiger charge is -2.14. The third kappa shape index (κ3) is 6.32. The molecule has 220 valence electrons. The van der Waals surface area contributed by atoms with E-state index in [1.165, 1.54) is 0 Å². The van der Waals surface area contributed by atoms with Gasteiger partial charge in [-0.15, -0.1) is 0 Å². The number of aliphatic carboxylic acids is 1. The summed E-state index contributed by atoms with van der Waals surface area (Å²) in [6, 6.07) is 35.3. The molecule has 0 unspecified atom stereocenters. The summed E-state index contributed by atoms with van der Waals surface area (Å²) in [6.07, 6.45) is -0.0616. The lowest BCUT2D eigenvalue weighted by molar-refractivity contribution is -0.136. The van der Waals surface area contributed by atoms with E-state index in [1.807, 2.05) is 66.7 Å². The van der Waals surface area contributed by atoms with Crippen LogP contribution in [-0.4, -0.2) is 25.2 Å². The number of carboxylic acid groups (broad SMARTS) is 1. The number of fused-ring (bicyclic) bond motifs is 1. The summed E-state index contributed by atoms with van der Waals surface area (Å²) in [5, 5.41) is 9.01. The molecule has 0 spiro atoms. The van der Waals surface area contributed by atoms with Crippen molar-refractivity contribution in [1.29, 1.82) is 0 Å². The molecule has 0 saturated heterocycles. The predicted molar refractivity (Wildman–Crippen MR) is 166 cm³/mol. The number of imidazole rings is 1. The van der Waals surface area contributed by atoms with Crippen LogP contribution in [0.15, 0.2) is 120 Å². The molecular formula is C35H29N3O6. The molecule has 6 aromatic rings. The van der Waals surface area contributed by atoms with Crippen molar-refractivity contribution in [3.05, 3.63) is 142 Å². The number of pyridine rings is 1. The van der Waals surface area contributed by atoms with Gasteiger partial charge < -0.3 is 19.3 Å². The summed E-state index contributed by atoms with van der Waals surface area (Å²) >= 11 is 0. The zero-order valence-corrected chi connectivity index (χ0v) is 23.9. The van der Waals surface area contributed by atoms with Crippen molar-refractivity contribution in [2.45, 2.75) is 19.6 Å². The second-order valence-corrected chi connectivity index (χ2v) is 10.2. The molecule has 0 radical (unpaired) electrons. The summed E-state index contributed by atoms with van der Waals surface area (Å²) in [5.74, 6) is 0.817. The lowest BCUT2D eigenvalue weighted by atomic mass is 10.1. The van der Waals surface area contributed by atoms with Crippen molar-refractivity contribution in [2.75, 3.05) is 0 Å². The first-order valence-corrected chi connectivity index (χ1v) is 14.0. The summed E-state index contributed by atoms with van der Waals surface area (Å²) in [5.41, 5.74) is 4.13. The highest BCUT2D eigenvalue weighted by Crippen LogP contribution is 2.30. The molecule has 0 aliphatic rings. The molecule has 4 aromatic carbocycles. The molecular weight excluding hydrogens is 558 g/mol. The van der Waals surface area contributed by atoms with E-state index in [-0.39, 0.29) is 24.6 Å². The average molecular weight is 588 g/mol. The number of aryl methyl sites for hydroxylation is 1. The number of benzene rings is 4. The van der Waals surface area contributed by atoms with Crippen LogP contribution in [0.4, 0.5) is 0 Å². The van der Waals surface area contributed by atoms with Crippen LogP contribution >= 0.6 is 0 Å². The maximum absolute atomic E-state index is 13.6. The minimum atomic E-state index is -0.896. The quantitative estimate of drug-likeness (QED) is 0.190. The van der Waals surface area contributed by atoms with Crippen molar-refractivity contribution in [3.63, 3.8) is 0 Å². The molecule has 0 aliphatic carbocycles. The minimum absolute atomic E-state index is 0.0616. The Labute approximate surface area is 253 Å². The molecule has 0 amide bonds. The SMILES string of the molecule is Cn1c(=O)n(-c2ccc(OCc3ccccc3)nc2OCc2ccccc2)c2ccc(Oc3ccc(CC(=O)O)cc3)cc21. The Balaban J connectivity index is 1.32. The first-order chi connectivity index (χ1) is 21.4. The van der Waals surface area contributed by atoms with Crippen LogP contribution in [0, 0.1) is 0 Å². The minimum Gasteiger partial charge on any atom is -0.481 e. The number of rotatable bonds is 11. The van der Waals surface area contributed by atoms with E-state index in [4.69, 9.17) is 19.3 Å². The molecule has 0 aliphatic heterocycles. The number of carboxylic acids is 1. The van der Waals surface area contributed by atoms with Crippen LogP contribution in [0.5, 0.6) is 23.3 Å². The Morgan fingerprint density at radius 2 is 1.36 bits per heavy atom. The number of carbonyl (C=O) groups is 1. The van der Waals surface area contributed by atoms with Gasteiger partial charge in [0.15, 0.2) is 0 Å². The van der Waals surface area contributed by atoms with Gasteiger partial charge in [0.25, 0.3) is 0 Å². The largest absolute Gasteiger partial charge is 0.481 e. The molecule has 2 aromatic heterocycles. The second kappa shape index (κ2) is 12.6. The number of nitrogens with zero attached hydrogens (tertiary/aromatic N) is 3. The molecule has 0 bridgehead atoms. The molecule has 0 atom stereocenters. The van der Waals surface area contributed by atoms with Crippen LogP contribution in [0.1, 0.15) is 16.7 Å². The highest BCUT2D eigenvalue weighted by Gasteiger charge is 2.19. The van der Waals surface area contributed by atoms with Crippen LogP contribution < -0.4 is 19.9 Å². The monoisotopic (exact) mass is 587 g/mol. The maximum atomic E-state index is 13.6. The Kier molecular flexibility index (Phi) is 8.09. The van der Waals surface area contributed by atoms with Gasteiger partial charge in [-0.25, -0.2) is 4.79 Å². The summed E-state index contributed by atoms with van der Waals surface area (Å²) in [6.45, 7) is 0.594. The van der Waals surface area contributed by atoms with E-state index < -0.39 is 5.97 Å². The molecule has 0 saturated carbocycles. The number of hydrogen-bond acceptors (Lipinski definition) is 6. The number of ether oxygens (including phenoxy) is 3. The summed E-state index contributed by atoms with van der Waals surface area (Å²) < 4.78 is 21.3. The van der Waals surface area contributed by atoms with Crippen molar-refractivity contribution < 1.29 is 24.1 Å². The Morgan fingerprint density at radius 1 is 0.727 bits per heavy atom. The fraction of sp³-hybridized carbons (Fsp3) is 0.114. The van der Waals surface area contributed by atoms with Crippen LogP contribution in [0.3, 0.4) is 0 Å². The molecule has 0 fully saturated rings. The van der Waals surface area contributed by atoms with Gasteiger partial charge in [-0.1, -0.05) is 72.8 Å². The Morgan fingerprint density at radius 3 is 2.02 bits per heavy atom. The number of aromatic nitrogens is 3. The third-order valence-corrected chi connectivity index (χ3v) is 7.05. The van der Waals surface area contributed by atoms with E-state index in [2.05, 4.69) is 4.98 Å². The standard InChI is InChI=1S/C35H29N3O6/c1-37-31-21-28(44-27-14-12-24(13-15-27)20-33(39)40)16-17-29(31)38(35(37)41)30-18-19-32(42-22-25-8-4-2-5-9-25)36-34(30)43-23-26-10-6-3-7-11-26/h2-19,21H,20,22-23H2,1H3,(H,39,40). The van der Waals surface area contributed by atoms with Crippen molar-refractivity contribution in [2.24, 2.45) is 7.05 Å². The fourth-order valence-electron chi connectivity index (χ4n) is 4.83. The van der Waals surface area contributed by atoms with Gasteiger partial charge in [0.2, 0.25) is 11.8 Å². The lowest BCUT2D eigenvalue weighted by Crippen LogP contribution is -2.21. The Hall–Kier alpha value is -5.83. The van der Waals surface area contributed by atoms with Crippen LogP contribution in [0.25, 0.3) is 16.7 Å². The zero-order chi connectivity index (χ0) is 30.5. The van der Waals surface area contributed by atoms with E-state index in [0.717, 1.165) is 11.1 Å². The Bertz CT molecular complexity index is 1970. The van der Waals surface area contributed by atoms with Gasteiger partial charge in [0, 0.05) is 19.2 Å². The van der Waals surface area contributed by atoms with Crippen molar-refractivity contribution in [3.8, 4) is 28.9 Å². The smallest absolute Gasteiger partial charge is 0.333 e. The topological polar surface area (TPSA) is 105 Å². The van der Waals surface area contributed by atoms with Gasteiger partial charge in [-0.3, -0.25) is 13.9 Å². The average Bonchev–Trinajstić information content (AvgIpc) is 3.29. The number of hydrogen-bond donors (Lipinski definition) is 1. The molecule has 1 N–H and O–H groups in total. The first-order valence-electron chi connectivity index (χ1n) is 14.0. The van der Waals surface area contributed by atoms with Gasteiger partial charge >= 0.3 is 11.7 Å². The van der Waals surface area contributed by atoms with Gasteiger partial charge in [0.05, 0.1) is 17.5 Å². The molecule has 9 nitrogen and oxygen atoms in total.